The Kier molecular flexibility index (Phi) is 76.0. The van der Waals surface area contributed by atoms with E-state index in [0.717, 1.165) is 102 Å². The number of aliphatic hydroxyl groups is 1. The zero-order valence-corrected chi connectivity index (χ0v) is 70.8. The standard InChI is InChI=1S/C86H168O17P2/c1-7-10-12-14-16-18-20-22-24-26-27-28-29-31-33-35-37-46-52-58-64-70-85(90)102-81(74-96-83(88)68-62-56-50-44-36-34-32-30-25-23-21-19-17-15-13-11-8-2)76-100-104(92,93)98-72-80(87)73-99-105(94,95)101-77-82(75-97-84(89)69-63-57-51-45-40-38-42-48-54-60-66-78(4)5)103-86(91)71-65-59-53-47-41-39-43-49-55-61-67-79(6)9-3/h78-82,87H,7-77H2,1-6H3,(H,92,93)(H,94,95)/t79?,80-,81-,82-/m1/s1. The highest BCUT2D eigenvalue weighted by Gasteiger charge is 2.30. The Hall–Kier alpha value is -1.94. The Labute approximate surface area is 645 Å². The SMILES string of the molecule is CCCCCCCCCCCCCCCCCCCCCCCC(=O)O[C@H](COC(=O)CCCCCCCCCCCCCCCCCCC)COP(=O)(O)OC[C@@H](O)COP(=O)(O)OC[C@@H](COC(=O)CCCCCCCCCCCCC(C)C)OC(=O)CCCCCCCCCCCCC(C)CC. The van der Waals surface area contributed by atoms with Crippen molar-refractivity contribution in [2.24, 2.45) is 11.8 Å². The molecule has 0 aliphatic carbocycles. The molecule has 3 N–H and O–H groups in total. The number of hydrogen-bond donors (Lipinski definition) is 3. The van der Waals surface area contributed by atoms with Crippen molar-refractivity contribution in [1.29, 1.82) is 0 Å². The number of phosphoric ester groups is 2. The summed E-state index contributed by atoms with van der Waals surface area (Å²) in [5, 5.41) is 10.7. The summed E-state index contributed by atoms with van der Waals surface area (Å²) in [4.78, 5) is 73.3. The zero-order chi connectivity index (χ0) is 77.1. The van der Waals surface area contributed by atoms with Gasteiger partial charge in [0.25, 0.3) is 0 Å². The molecular formula is C86H168O17P2. The number of ether oxygens (including phenoxy) is 4. The van der Waals surface area contributed by atoms with Crippen LogP contribution in [0, 0.1) is 11.8 Å². The summed E-state index contributed by atoms with van der Waals surface area (Å²) >= 11 is 0. The first-order chi connectivity index (χ1) is 50.9. The Morgan fingerprint density at radius 3 is 0.724 bits per heavy atom. The first kappa shape index (κ1) is 103. The molecule has 17 nitrogen and oxygen atoms in total. The van der Waals surface area contributed by atoms with E-state index < -0.39 is 97.5 Å². The van der Waals surface area contributed by atoms with Gasteiger partial charge in [-0.25, -0.2) is 9.13 Å². The normalized spacial score (nSPS) is 14.1. The van der Waals surface area contributed by atoms with Crippen LogP contribution in [-0.2, 0) is 65.4 Å². The second-order valence-corrected chi connectivity index (χ2v) is 34.6. The van der Waals surface area contributed by atoms with Crippen LogP contribution in [-0.4, -0.2) is 96.7 Å². The molecule has 0 aromatic heterocycles. The van der Waals surface area contributed by atoms with Crippen LogP contribution in [0.3, 0.4) is 0 Å². The van der Waals surface area contributed by atoms with E-state index in [1.165, 1.54) is 276 Å². The van der Waals surface area contributed by atoms with Crippen molar-refractivity contribution in [2.75, 3.05) is 39.6 Å². The van der Waals surface area contributed by atoms with E-state index in [9.17, 15) is 43.2 Å². The van der Waals surface area contributed by atoms with Crippen LogP contribution in [0.15, 0.2) is 0 Å². The second kappa shape index (κ2) is 77.4. The number of aliphatic hydroxyl groups excluding tert-OH is 1. The summed E-state index contributed by atoms with van der Waals surface area (Å²) in [5.41, 5.74) is 0. The van der Waals surface area contributed by atoms with Gasteiger partial charge < -0.3 is 33.8 Å². The lowest BCUT2D eigenvalue weighted by Gasteiger charge is -2.21. The lowest BCUT2D eigenvalue weighted by molar-refractivity contribution is -0.161. The number of esters is 4. The maximum absolute atomic E-state index is 13.2. The van der Waals surface area contributed by atoms with E-state index in [0.29, 0.717) is 25.7 Å². The van der Waals surface area contributed by atoms with Crippen molar-refractivity contribution < 1.29 is 80.2 Å². The van der Waals surface area contributed by atoms with Crippen molar-refractivity contribution in [2.45, 2.75) is 477 Å². The Morgan fingerprint density at radius 2 is 0.486 bits per heavy atom. The highest BCUT2D eigenvalue weighted by atomic mass is 31.2. The van der Waals surface area contributed by atoms with E-state index in [-0.39, 0.29) is 25.7 Å². The molecule has 0 bridgehead atoms. The Bertz CT molecular complexity index is 2010. The van der Waals surface area contributed by atoms with Gasteiger partial charge in [0.05, 0.1) is 26.4 Å². The van der Waals surface area contributed by atoms with Crippen LogP contribution >= 0.6 is 15.6 Å². The number of rotatable bonds is 85. The predicted octanol–water partition coefficient (Wildman–Crippen LogP) is 26.2. The van der Waals surface area contributed by atoms with Crippen LogP contribution in [0.4, 0.5) is 0 Å². The van der Waals surface area contributed by atoms with Gasteiger partial charge in [-0.1, -0.05) is 408 Å². The molecule has 0 saturated carbocycles. The molecule has 0 amide bonds. The third-order valence-electron chi connectivity index (χ3n) is 20.6. The molecular weight excluding hydrogens is 1370 g/mol. The summed E-state index contributed by atoms with van der Waals surface area (Å²) in [7, 11) is -9.93. The first-order valence-electron chi connectivity index (χ1n) is 44.5. The van der Waals surface area contributed by atoms with Crippen LogP contribution in [0.5, 0.6) is 0 Å². The van der Waals surface area contributed by atoms with E-state index in [2.05, 4.69) is 41.5 Å². The lowest BCUT2D eigenvalue weighted by Crippen LogP contribution is -2.30. The zero-order valence-electron chi connectivity index (χ0n) is 69.0. The van der Waals surface area contributed by atoms with Gasteiger partial charge in [-0.2, -0.15) is 0 Å². The molecule has 624 valence electrons. The Balaban J connectivity index is 5.25. The van der Waals surface area contributed by atoms with Gasteiger partial charge in [-0.05, 0) is 37.5 Å². The monoisotopic (exact) mass is 1540 g/mol. The highest BCUT2D eigenvalue weighted by Crippen LogP contribution is 2.45. The van der Waals surface area contributed by atoms with Gasteiger partial charge in [0, 0.05) is 25.7 Å². The molecule has 3 unspecified atom stereocenters. The van der Waals surface area contributed by atoms with Crippen molar-refractivity contribution in [1.82, 2.24) is 0 Å². The van der Waals surface area contributed by atoms with E-state index >= 15 is 0 Å². The molecule has 0 aliphatic heterocycles. The maximum Gasteiger partial charge on any atom is 0.472 e. The number of unbranched alkanes of at least 4 members (excludes halogenated alkanes) is 54. The summed E-state index contributed by atoms with van der Waals surface area (Å²) in [5.74, 6) is -0.541. The fourth-order valence-corrected chi connectivity index (χ4v) is 15.0. The average Bonchev–Trinajstić information content (AvgIpc) is 0.904. The summed E-state index contributed by atoms with van der Waals surface area (Å²) in [6, 6.07) is 0. The number of hydrogen-bond acceptors (Lipinski definition) is 15. The van der Waals surface area contributed by atoms with Crippen LogP contribution in [0.2, 0.25) is 0 Å². The minimum absolute atomic E-state index is 0.106. The van der Waals surface area contributed by atoms with Crippen molar-refractivity contribution in [3.63, 3.8) is 0 Å². The average molecular weight is 1540 g/mol. The van der Waals surface area contributed by atoms with Gasteiger partial charge in [0.2, 0.25) is 0 Å². The molecule has 105 heavy (non-hydrogen) atoms. The lowest BCUT2D eigenvalue weighted by atomic mass is 9.99. The van der Waals surface area contributed by atoms with Gasteiger partial charge in [0.1, 0.15) is 19.3 Å². The minimum atomic E-state index is -4.97. The maximum atomic E-state index is 13.2. The molecule has 0 aromatic rings. The molecule has 19 heteroatoms. The largest absolute Gasteiger partial charge is 0.472 e. The quantitative estimate of drug-likeness (QED) is 0.0222. The molecule has 6 atom stereocenters. The molecule has 0 aromatic carbocycles. The van der Waals surface area contributed by atoms with Crippen LogP contribution in [0.1, 0.15) is 459 Å². The summed E-state index contributed by atoms with van der Waals surface area (Å²) in [6.07, 6.45) is 69.4. The molecule has 0 spiro atoms. The third-order valence-corrected chi connectivity index (χ3v) is 22.5. The van der Waals surface area contributed by atoms with Crippen molar-refractivity contribution in [3.8, 4) is 0 Å². The predicted molar refractivity (Wildman–Crippen MR) is 432 cm³/mol. The first-order valence-corrected chi connectivity index (χ1v) is 47.5. The minimum Gasteiger partial charge on any atom is -0.462 e. The van der Waals surface area contributed by atoms with E-state index in [1.54, 1.807) is 0 Å². The smallest absolute Gasteiger partial charge is 0.462 e. The highest BCUT2D eigenvalue weighted by molar-refractivity contribution is 7.47. The fraction of sp³-hybridized carbons (Fsp3) is 0.953. The number of carbonyl (C=O) groups is 4. The number of carbonyl (C=O) groups excluding carboxylic acids is 4. The van der Waals surface area contributed by atoms with Gasteiger partial charge in [0.15, 0.2) is 12.2 Å². The number of phosphoric acid groups is 2. The van der Waals surface area contributed by atoms with Crippen molar-refractivity contribution in [3.05, 3.63) is 0 Å². The summed E-state index contributed by atoms with van der Waals surface area (Å²) < 4.78 is 68.9. The second-order valence-electron chi connectivity index (χ2n) is 31.6. The van der Waals surface area contributed by atoms with E-state index in [1.807, 2.05) is 0 Å². The molecule has 0 saturated heterocycles. The van der Waals surface area contributed by atoms with Gasteiger partial charge >= 0.3 is 39.5 Å². The molecule has 0 aliphatic rings. The molecule has 0 fully saturated rings. The topological polar surface area (TPSA) is 237 Å². The van der Waals surface area contributed by atoms with E-state index in [4.69, 9.17) is 37.0 Å². The Morgan fingerprint density at radius 1 is 0.276 bits per heavy atom. The molecule has 0 heterocycles. The summed E-state index contributed by atoms with van der Waals surface area (Å²) in [6.45, 7) is 9.69. The van der Waals surface area contributed by atoms with Crippen molar-refractivity contribution >= 4 is 39.5 Å². The van der Waals surface area contributed by atoms with Crippen LogP contribution < -0.4 is 0 Å². The fourth-order valence-electron chi connectivity index (χ4n) is 13.4. The van der Waals surface area contributed by atoms with Gasteiger partial charge in [-0.15, -0.1) is 0 Å². The van der Waals surface area contributed by atoms with Crippen LogP contribution in [0.25, 0.3) is 0 Å². The third kappa shape index (κ3) is 78.5. The van der Waals surface area contributed by atoms with Gasteiger partial charge in [-0.3, -0.25) is 37.3 Å². The molecule has 0 rings (SSSR count). The molecule has 0 radical (unpaired) electrons.